The molecule has 1 saturated heterocycles. The van der Waals surface area contributed by atoms with Gasteiger partial charge in [0.1, 0.15) is 0 Å². The third-order valence-corrected chi connectivity index (χ3v) is 4.38. The summed E-state index contributed by atoms with van der Waals surface area (Å²) in [6.07, 6.45) is 2.49. The first-order chi connectivity index (χ1) is 5.36. The number of carbonyl (C=O) groups is 1. The highest BCUT2D eigenvalue weighted by Gasteiger charge is 2.26. The van der Waals surface area contributed by atoms with Crippen molar-refractivity contribution in [3.8, 4) is 0 Å². The van der Waals surface area contributed by atoms with Crippen LogP contribution in [0.25, 0.3) is 0 Å². The van der Waals surface area contributed by atoms with Crippen LogP contribution in [0.4, 0.5) is 0 Å². The second-order valence-electron chi connectivity index (χ2n) is 2.63. The number of carbonyl (C=O) groups excluding carboxylic acids is 1. The minimum absolute atomic E-state index is 0.0532. The van der Waals surface area contributed by atoms with Crippen LogP contribution in [-0.4, -0.2) is 27.7 Å². The fourth-order valence-corrected chi connectivity index (χ4v) is 3.62. The van der Waals surface area contributed by atoms with Gasteiger partial charge >= 0.3 is 0 Å². The topological polar surface area (TPSA) is 29.4 Å². The predicted octanol–water partition coefficient (Wildman–Crippen LogP) is 1.55. The fourth-order valence-electron chi connectivity index (χ4n) is 1.26. The van der Waals surface area contributed by atoms with Crippen molar-refractivity contribution in [2.75, 3.05) is 11.5 Å². The van der Waals surface area contributed by atoms with Crippen molar-refractivity contribution < 1.29 is 4.79 Å². The molecule has 0 saturated carbocycles. The number of aliphatic imine (C=N–C) groups is 1. The highest BCUT2D eigenvalue weighted by molar-refractivity contribution is 8.17. The van der Waals surface area contributed by atoms with Crippen molar-refractivity contribution in [1.29, 1.82) is 0 Å². The number of amides is 1. The summed E-state index contributed by atoms with van der Waals surface area (Å²) in [6, 6.07) is 0. The molecule has 0 radical (unpaired) electrons. The largest absolute Gasteiger partial charge is 0.272 e. The summed E-state index contributed by atoms with van der Waals surface area (Å²) in [5, 5.41) is 1.63. The molecule has 1 unspecified atom stereocenters. The average molecular weight is 187 g/mol. The molecule has 0 aromatic carbocycles. The molecule has 0 aliphatic carbocycles. The first kappa shape index (κ1) is 7.68. The van der Waals surface area contributed by atoms with Gasteiger partial charge in [-0.3, -0.25) is 4.79 Å². The summed E-state index contributed by atoms with van der Waals surface area (Å²) in [5.41, 5.74) is 0. The molecule has 2 aliphatic heterocycles. The number of hydrogen-bond donors (Lipinski definition) is 0. The lowest BCUT2D eigenvalue weighted by atomic mass is 10.3. The maximum absolute atomic E-state index is 10.8. The van der Waals surface area contributed by atoms with E-state index in [4.69, 9.17) is 0 Å². The Morgan fingerprint density at radius 3 is 3.00 bits per heavy atom. The number of hydrogen-bond acceptors (Lipinski definition) is 3. The summed E-state index contributed by atoms with van der Waals surface area (Å²) >= 11 is 3.57. The van der Waals surface area contributed by atoms with Gasteiger partial charge in [-0.05, 0) is 18.6 Å². The van der Waals surface area contributed by atoms with E-state index in [0.717, 1.165) is 5.04 Å². The number of nitrogens with zero attached hydrogens (tertiary/aromatic N) is 1. The number of rotatable bonds is 1. The van der Waals surface area contributed by atoms with Gasteiger partial charge in [0, 0.05) is 0 Å². The monoisotopic (exact) mass is 187 g/mol. The van der Waals surface area contributed by atoms with Crippen LogP contribution in [0.3, 0.4) is 0 Å². The molecule has 0 aromatic heterocycles. The van der Waals surface area contributed by atoms with Gasteiger partial charge < -0.3 is 0 Å². The Labute approximate surface area is 74.2 Å². The van der Waals surface area contributed by atoms with E-state index in [1.54, 1.807) is 11.8 Å². The van der Waals surface area contributed by atoms with E-state index in [1.165, 1.54) is 18.6 Å². The summed E-state index contributed by atoms with van der Waals surface area (Å²) in [5.74, 6) is 1.86. The molecule has 2 aliphatic rings. The molecule has 11 heavy (non-hydrogen) atoms. The number of thioether (sulfide) groups is 2. The zero-order valence-corrected chi connectivity index (χ0v) is 7.71. The van der Waals surface area contributed by atoms with Crippen LogP contribution >= 0.6 is 23.5 Å². The summed E-state index contributed by atoms with van der Waals surface area (Å²) < 4.78 is 0. The van der Waals surface area contributed by atoms with Crippen molar-refractivity contribution in [3.63, 3.8) is 0 Å². The molecule has 2 heterocycles. The Balaban J connectivity index is 2.04. The second kappa shape index (κ2) is 3.19. The van der Waals surface area contributed by atoms with Crippen LogP contribution in [0.15, 0.2) is 4.99 Å². The molecular weight excluding hydrogens is 178 g/mol. The van der Waals surface area contributed by atoms with Gasteiger partial charge in [0.25, 0.3) is 5.91 Å². The SMILES string of the molecule is O=C1CSC(C2CCCS2)=N1. The predicted molar refractivity (Wildman–Crippen MR) is 50.4 cm³/mol. The molecule has 1 atom stereocenters. The second-order valence-corrected chi connectivity index (χ2v) is 4.94. The Hall–Kier alpha value is 0.0400. The van der Waals surface area contributed by atoms with Crippen molar-refractivity contribution in [2.45, 2.75) is 18.1 Å². The summed E-state index contributed by atoms with van der Waals surface area (Å²) in [6.45, 7) is 0. The minimum atomic E-state index is 0.0532. The van der Waals surface area contributed by atoms with Gasteiger partial charge in [-0.25, -0.2) is 4.99 Å². The van der Waals surface area contributed by atoms with E-state index < -0.39 is 0 Å². The molecular formula is C7H9NOS2. The van der Waals surface area contributed by atoms with E-state index in [1.807, 2.05) is 11.8 Å². The van der Waals surface area contributed by atoms with Crippen LogP contribution in [0.5, 0.6) is 0 Å². The van der Waals surface area contributed by atoms with Gasteiger partial charge in [0.15, 0.2) is 0 Å². The maximum Gasteiger partial charge on any atom is 0.256 e. The van der Waals surface area contributed by atoms with Crippen LogP contribution in [-0.2, 0) is 4.79 Å². The van der Waals surface area contributed by atoms with Gasteiger partial charge in [-0.15, -0.1) is 0 Å². The first-order valence-corrected chi connectivity index (χ1v) is 5.75. The molecule has 0 spiro atoms. The van der Waals surface area contributed by atoms with Crippen LogP contribution in [0.2, 0.25) is 0 Å². The molecule has 60 valence electrons. The molecule has 0 bridgehead atoms. The van der Waals surface area contributed by atoms with Crippen LogP contribution < -0.4 is 0 Å². The van der Waals surface area contributed by atoms with E-state index >= 15 is 0 Å². The van der Waals surface area contributed by atoms with E-state index in [0.29, 0.717) is 11.0 Å². The highest BCUT2D eigenvalue weighted by atomic mass is 32.2. The van der Waals surface area contributed by atoms with E-state index in [-0.39, 0.29) is 5.91 Å². The van der Waals surface area contributed by atoms with E-state index in [9.17, 15) is 4.79 Å². The Morgan fingerprint density at radius 1 is 1.55 bits per heavy atom. The summed E-state index contributed by atoms with van der Waals surface area (Å²) in [4.78, 5) is 14.8. The smallest absolute Gasteiger partial charge is 0.256 e. The molecule has 0 N–H and O–H groups in total. The molecule has 1 fully saturated rings. The van der Waals surface area contributed by atoms with Crippen molar-refractivity contribution in [2.24, 2.45) is 4.99 Å². The van der Waals surface area contributed by atoms with Gasteiger partial charge in [-0.2, -0.15) is 11.8 Å². The van der Waals surface area contributed by atoms with Crippen LogP contribution in [0, 0.1) is 0 Å². The third-order valence-electron chi connectivity index (χ3n) is 1.78. The average Bonchev–Trinajstić information content (AvgIpc) is 2.55. The van der Waals surface area contributed by atoms with Crippen molar-refractivity contribution in [3.05, 3.63) is 0 Å². The van der Waals surface area contributed by atoms with E-state index in [2.05, 4.69) is 4.99 Å². The lowest BCUT2D eigenvalue weighted by Crippen LogP contribution is -2.07. The Morgan fingerprint density at radius 2 is 2.45 bits per heavy atom. The molecule has 4 heteroatoms. The Bertz CT molecular complexity index is 208. The molecule has 0 aromatic rings. The molecule has 1 amide bonds. The fraction of sp³-hybridized carbons (Fsp3) is 0.714. The zero-order chi connectivity index (χ0) is 7.68. The minimum Gasteiger partial charge on any atom is -0.272 e. The Kier molecular flexibility index (Phi) is 2.23. The quantitative estimate of drug-likeness (QED) is 0.624. The standard InChI is InChI=1S/C7H9NOS2/c9-6-4-11-7(8-6)5-2-1-3-10-5/h5H,1-4H2. The highest BCUT2D eigenvalue weighted by Crippen LogP contribution is 2.32. The first-order valence-electron chi connectivity index (χ1n) is 3.72. The molecule has 2 nitrogen and oxygen atoms in total. The van der Waals surface area contributed by atoms with Crippen molar-refractivity contribution >= 4 is 34.5 Å². The maximum atomic E-state index is 10.8. The summed E-state index contributed by atoms with van der Waals surface area (Å²) in [7, 11) is 0. The lowest BCUT2D eigenvalue weighted by Gasteiger charge is -2.04. The normalized spacial score (nSPS) is 31.1. The van der Waals surface area contributed by atoms with Crippen molar-refractivity contribution in [1.82, 2.24) is 0 Å². The van der Waals surface area contributed by atoms with Crippen LogP contribution in [0.1, 0.15) is 12.8 Å². The lowest BCUT2D eigenvalue weighted by molar-refractivity contribution is -0.115. The molecule has 2 rings (SSSR count). The zero-order valence-electron chi connectivity index (χ0n) is 6.08. The van der Waals surface area contributed by atoms with Gasteiger partial charge in [0.05, 0.1) is 16.0 Å². The van der Waals surface area contributed by atoms with Gasteiger partial charge in [0.2, 0.25) is 0 Å². The third kappa shape index (κ3) is 1.62. The van der Waals surface area contributed by atoms with Gasteiger partial charge in [-0.1, -0.05) is 11.8 Å².